The molecule has 0 saturated carbocycles. The first kappa shape index (κ1) is 16.0. The molecule has 0 atom stereocenters. The number of benzene rings is 2. The van der Waals surface area contributed by atoms with Gasteiger partial charge >= 0.3 is 59.1 Å². The van der Waals surface area contributed by atoms with Crippen LogP contribution in [0.1, 0.15) is 0 Å². The Kier molecular flexibility index (Phi) is 9.13. The fraction of sp³-hybridized carbons (Fsp3) is 0. The van der Waals surface area contributed by atoms with Crippen LogP contribution in [-0.2, 0) is 0 Å². The van der Waals surface area contributed by atoms with E-state index >= 15 is 0 Å². The molecule has 0 aliphatic rings. The van der Waals surface area contributed by atoms with Crippen molar-refractivity contribution in [3.8, 4) is 0 Å². The minimum Gasteiger partial charge on any atom is -0.151 e. The Morgan fingerprint density at radius 2 is 0.812 bits per heavy atom. The smallest absolute Gasteiger partial charge is 0.0857 e. The van der Waals surface area contributed by atoms with E-state index in [0.717, 1.165) is 11.4 Å². The predicted octanol–water partition coefficient (Wildman–Crippen LogP) is 2.81. The molecule has 0 saturated heterocycles. The molecule has 0 spiro atoms. The van der Waals surface area contributed by atoms with Crippen LogP contribution >= 0.6 is 0 Å². The molecule has 0 amide bonds. The minimum absolute atomic E-state index is 0. The minimum atomic E-state index is 0. The van der Waals surface area contributed by atoms with Crippen molar-refractivity contribution in [3.63, 3.8) is 0 Å². The molecule has 16 heavy (non-hydrogen) atoms. The van der Waals surface area contributed by atoms with Gasteiger partial charge in [-0.2, -0.15) is 10.2 Å². The first-order valence-electron chi connectivity index (χ1n) is 4.47. The van der Waals surface area contributed by atoms with Crippen molar-refractivity contribution >= 4 is 70.5 Å². The Bertz CT molecular complexity index is 374. The standard InChI is InChI=1S/C12H10N2.2Na.2H/c1-3-7-11(8-4-1)13-14-12-9-5-2-6-10-12;;;;/h1-10H;;;;/b14-13+;;;;. The summed E-state index contributed by atoms with van der Waals surface area (Å²) in [5.74, 6) is 0. The summed E-state index contributed by atoms with van der Waals surface area (Å²) in [6.07, 6.45) is 0. The Morgan fingerprint density at radius 3 is 1.12 bits per heavy atom. The molecule has 0 unspecified atom stereocenters. The van der Waals surface area contributed by atoms with Gasteiger partial charge in [-0.1, -0.05) is 36.4 Å². The van der Waals surface area contributed by atoms with Crippen LogP contribution in [0.5, 0.6) is 0 Å². The number of nitrogens with zero attached hydrogens (tertiary/aromatic N) is 2. The summed E-state index contributed by atoms with van der Waals surface area (Å²) in [5, 5.41) is 8.20. The van der Waals surface area contributed by atoms with E-state index in [-0.39, 0.29) is 59.1 Å². The maximum absolute atomic E-state index is 4.10. The van der Waals surface area contributed by atoms with Crippen LogP contribution < -0.4 is 0 Å². The number of hydrogen-bond donors (Lipinski definition) is 0. The third-order valence-corrected chi connectivity index (χ3v) is 1.79. The maximum Gasteiger partial charge on any atom is 0.0857 e. The number of rotatable bonds is 2. The second kappa shape index (κ2) is 9.11. The quantitative estimate of drug-likeness (QED) is 0.560. The zero-order chi connectivity index (χ0) is 9.64. The monoisotopic (exact) mass is 230 g/mol. The van der Waals surface area contributed by atoms with Crippen LogP contribution in [0.3, 0.4) is 0 Å². The fourth-order valence-corrected chi connectivity index (χ4v) is 1.10. The second-order valence-corrected chi connectivity index (χ2v) is 2.87. The van der Waals surface area contributed by atoms with Crippen molar-refractivity contribution in [2.24, 2.45) is 10.2 Å². The molecule has 0 aromatic heterocycles. The van der Waals surface area contributed by atoms with Crippen molar-refractivity contribution in [1.29, 1.82) is 0 Å². The summed E-state index contributed by atoms with van der Waals surface area (Å²) in [4.78, 5) is 0. The molecule has 2 aromatic carbocycles. The molecule has 0 bridgehead atoms. The van der Waals surface area contributed by atoms with Gasteiger partial charge < -0.3 is 0 Å². The molecule has 2 aromatic rings. The van der Waals surface area contributed by atoms with Gasteiger partial charge in [0.05, 0.1) is 11.4 Å². The summed E-state index contributed by atoms with van der Waals surface area (Å²) >= 11 is 0. The summed E-state index contributed by atoms with van der Waals surface area (Å²) in [5.41, 5.74) is 1.74. The molecule has 0 radical (unpaired) electrons. The zero-order valence-corrected chi connectivity index (χ0v) is 7.67. The third kappa shape index (κ3) is 5.39. The van der Waals surface area contributed by atoms with Gasteiger partial charge in [-0.3, -0.25) is 0 Å². The summed E-state index contributed by atoms with van der Waals surface area (Å²) in [6.45, 7) is 0. The van der Waals surface area contributed by atoms with Gasteiger partial charge in [0.2, 0.25) is 0 Å². The van der Waals surface area contributed by atoms with Crippen LogP contribution in [0.4, 0.5) is 11.4 Å². The van der Waals surface area contributed by atoms with Crippen molar-refractivity contribution < 1.29 is 0 Å². The fourth-order valence-electron chi connectivity index (χ4n) is 1.10. The largest absolute Gasteiger partial charge is 0.151 e. The molecule has 0 fully saturated rings. The van der Waals surface area contributed by atoms with E-state index in [9.17, 15) is 0 Å². The Balaban J connectivity index is 0.00000112. The molecular weight excluding hydrogens is 218 g/mol. The molecule has 4 heteroatoms. The Morgan fingerprint density at radius 1 is 0.500 bits per heavy atom. The topological polar surface area (TPSA) is 24.7 Å². The Hall–Kier alpha value is 0.0400. The van der Waals surface area contributed by atoms with Crippen molar-refractivity contribution in [2.75, 3.05) is 0 Å². The average molecular weight is 230 g/mol. The first-order valence-corrected chi connectivity index (χ1v) is 4.47. The molecule has 72 valence electrons. The zero-order valence-electron chi connectivity index (χ0n) is 7.67. The van der Waals surface area contributed by atoms with Gasteiger partial charge in [-0.25, -0.2) is 0 Å². The van der Waals surface area contributed by atoms with Crippen molar-refractivity contribution in [3.05, 3.63) is 60.7 Å². The predicted molar refractivity (Wildman–Crippen MR) is 71.4 cm³/mol. The molecule has 0 heterocycles. The molecular formula is C12H12N2Na2. The van der Waals surface area contributed by atoms with Crippen molar-refractivity contribution in [1.82, 2.24) is 0 Å². The van der Waals surface area contributed by atoms with Crippen LogP contribution in [0.2, 0.25) is 0 Å². The Labute approximate surface area is 140 Å². The van der Waals surface area contributed by atoms with Gasteiger partial charge in [0, 0.05) is 0 Å². The van der Waals surface area contributed by atoms with Crippen LogP contribution in [0.25, 0.3) is 0 Å². The first-order chi connectivity index (χ1) is 6.95. The molecule has 2 rings (SSSR count). The van der Waals surface area contributed by atoms with Gasteiger partial charge in [-0.05, 0) is 24.3 Å². The summed E-state index contributed by atoms with van der Waals surface area (Å²) in [7, 11) is 0. The van der Waals surface area contributed by atoms with Gasteiger partial charge in [0.1, 0.15) is 0 Å². The van der Waals surface area contributed by atoms with E-state index in [4.69, 9.17) is 0 Å². The van der Waals surface area contributed by atoms with E-state index in [2.05, 4.69) is 10.2 Å². The van der Waals surface area contributed by atoms with E-state index in [0.29, 0.717) is 0 Å². The van der Waals surface area contributed by atoms with Gasteiger partial charge in [-0.15, -0.1) is 0 Å². The van der Waals surface area contributed by atoms with E-state index in [1.807, 2.05) is 60.7 Å². The molecule has 2 nitrogen and oxygen atoms in total. The SMILES string of the molecule is [NaH].[NaH].c1ccc(/N=N/c2ccccc2)cc1. The number of azo groups is 1. The van der Waals surface area contributed by atoms with Gasteiger partial charge in [0.25, 0.3) is 0 Å². The third-order valence-electron chi connectivity index (χ3n) is 1.79. The number of hydrogen-bond acceptors (Lipinski definition) is 2. The van der Waals surface area contributed by atoms with Crippen LogP contribution in [0, 0.1) is 0 Å². The second-order valence-electron chi connectivity index (χ2n) is 2.87. The van der Waals surface area contributed by atoms with Gasteiger partial charge in [0.15, 0.2) is 0 Å². The van der Waals surface area contributed by atoms with Crippen LogP contribution in [0.15, 0.2) is 70.9 Å². The maximum atomic E-state index is 4.10. The van der Waals surface area contributed by atoms with E-state index in [1.165, 1.54) is 0 Å². The summed E-state index contributed by atoms with van der Waals surface area (Å²) in [6, 6.07) is 19.4. The summed E-state index contributed by atoms with van der Waals surface area (Å²) < 4.78 is 0. The molecule has 0 aliphatic heterocycles. The molecule has 0 N–H and O–H groups in total. The van der Waals surface area contributed by atoms with E-state index in [1.54, 1.807) is 0 Å². The van der Waals surface area contributed by atoms with Crippen LogP contribution in [-0.4, -0.2) is 59.1 Å². The normalized spacial score (nSPS) is 9.25. The average Bonchev–Trinajstić information content (AvgIpc) is 2.29. The van der Waals surface area contributed by atoms with Crippen molar-refractivity contribution in [2.45, 2.75) is 0 Å². The van der Waals surface area contributed by atoms with E-state index < -0.39 is 0 Å². The molecule has 0 aliphatic carbocycles.